The van der Waals surface area contributed by atoms with Gasteiger partial charge in [0.2, 0.25) is 0 Å². The molecule has 0 amide bonds. The molecule has 4 unspecified atom stereocenters. The topological polar surface area (TPSA) is 237 Å². The van der Waals surface area contributed by atoms with E-state index < -0.39 is 97.5 Å². The average molecular weight is 1330 g/mol. The second-order valence-electron chi connectivity index (χ2n) is 27.3. The van der Waals surface area contributed by atoms with Gasteiger partial charge in [0.25, 0.3) is 0 Å². The molecular weight excluding hydrogens is 1190 g/mol. The van der Waals surface area contributed by atoms with Crippen LogP contribution < -0.4 is 0 Å². The predicted octanol–water partition coefficient (Wildman–Crippen LogP) is 20.1. The van der Waals surface area contributed by atoms with Crippen molar-refractivity contribution in [3.05, 3.63) is 0 Å². The minimum absolute atomic E-state index is 0.104. The van der Waals surface area contributed by atoms with E-state index in [0.717, 1.165) is 114 Å². The van der Waals surface area contributed by atoms with Crippen LogP contribution in [0.2, 0.25) is 0 Å². The number of carbonyl (C=O) groups excluding carboxylic acids is 4. The number of rotatable bonds is 68. The van der Waals surface area contributed by atoms with Crippen LogP contribution in [-0.4, -0.2) is 96.7 Å². The highest BCUT2D eigenvalue weighted by atomic mass is 31.2. The Morgan fingerprint density at radius 3 is 0.789 bits per heavy atom. The first-order valence-corrected chi connectivity index (χ1v) is 39.7. The van der Waals surface area contributed by atoms with Crippen molar-refractivity contribution in [3.63, 3.8) is 0 Å². The maximum atomic E-state index is 13.0. The number of hydrogen-bond acceptors (Lipinski definition) is 15. The molecule has 3 N–H and O–H groups in total. The van der Waals surface area contributed by atoms with Gasteiger partial charge in [-0.3, -0.25) is 37.3 Å². The fourth-order valence-corrected chi connectivity index (χ4v) is 12.2. The Morgan fingerprint density at radius 1 is 0.311 bits per heavy atom. The Labute approximate surface area is 549 Å². The number of ether oxygens (including phenoxy) is 4. The summed E-state index contributed by atoms with van der Waals surface area (Å²) in [6.45, 7) is 14.1. The molecule has 0 radical (unpaired) electrons. The Morgan fingerprint density at radius 2 is 0.533 bits per heavy atom. The molecule has 90 heavy (non-hydrogen) atoms. The second kappa shape index (κ2) is 60.7. The van der Waals surface area contributed by atoms with Crippen molar-refractivity contribution in [2.75, 3.05) is 39.6 Å². The smallest absolute Gasteiger partial charge is 0.462 e. The largest absolute Gasteiger partial charge is 0.472 e. The maximum absolute atomic E-state index is 13.0. The van der Waals surface area contributed by atoms with Crippen LogP contribution in [0.4, 0.5) is 0 Å². The zero-order valence-electron chi connectivity index (χ0n) is 58.8. The molecular formula is C71H138O17P2. The van der Waals surface area contributed by atoms with E-state index >= 15 is 0 Å². The van der Waals surface area contributed by atoms with Crippen LogP contribution in [0.3, 0.4) is 0 Å². The lowest BCUT2D eigenvalue weighted by molar-refractivity contribution is -0.161. The summed E-state index contributed by atoms with van der Waals surface area (Å²) < 4.78 is 68.3. The molecule has 17 nitrogen and oxygen atoms in total. The van der Waals surface area contributed by atoms with Gasteiger partial charge >= 0.3 is 39.5 Å². The van der Waals surface area contributed by atoms with Crippen molar-refractivity contribution < 1.29 is 80.2 Å². The summed E-state index contributed by atoms with van der Waals surface area (Å²) in [5.41, 5.74) is 0. The van der Waals surface area contributed by atoms with E-state index in [9.17, 15) is 43.2 Å². The van der Waals surface area contributed by atoms with Crippen molar-refractivity contribution in [2.24, 2.45) is 23.7 Å². The zero-order chi connectivity index (χ0) is 66.8. The quantitative estimate of drug-likeness (QED) is 0.0222. The molecule has 0 aliphatic carbocycles. The van der Waals surface area contributed by atoms with Gasteiger partial charge in [-0.2, -0.15) is 0 Å². The van der Waals surface area contributed by atoms with Gasteiger partial charge in [0.05, 0.1) is 26.4 Å². The lowest BCUT2D eigenvalue weighted by atomic mass is 9.99. The Balaban J connectivity index is 5.26. The minimum atomic E-state index is -4.95. The zero-order valence-corrected chi connectivity index (χ0v) is 60.6. The van der Waals surface area contributed by atoms with E-state index in [0.29, 0.717) is 31.6 Å². The highest BCUT2D eigenvalue weighted by Gasteiger charge is 2.30. The molecule has 6 atom stereocenters. The molecule has 19 heteroatoms. The normalized spacial score (nSPS) is 14.6. The second-order valence-corrected chi connectivity index (χ2v) is 30.2. The van der Waals surface area contributed by atoms with Crippen LogP contribution >= 0.6 is 15.6 Å². The van der Waals surface area contributed by atoms with Crippen molar-refractivity contribution in [3.8, 4) is 0 Å². The van der Waals surface area contributed by atoms with Gasteiger partial charge in [-0.25, -0.2) is 9.13 Å². The highest BCUT2D eigenvalue weighted by Crippen LogP contribution is 2.45. The fraction of sp³-hybridized carbons (Fsp3) is 0.944. The minimum Gasteiger partial charge on any atom is -0.462 e. The SMILES string of the molecule is CCC(C)CCCCCCCCCCC(=O)O[C@H](COC(=O)CCCCCCCCCC(C)C)COP(=O)(O)OCC(O)COP(=O)(O)OC[C@@H](COC(=O)CCCCCCCCCCCC(C)C)OC(=O)CCCCCCCCCCCCCCCC(C)C. The molecule has 0 fully saturated rings. The van der Waals surface area contributed by atoms with E-state index in [2.05, 4.69) is 55.4 Å². The van der Waals surface area contributed by atoms with Gasteiger partial charge in [-0.15, -0.1) is 0 Å². The van der Waals surface area contributed by atoms with E-state index in [4.69, 9.17) is 37.0 Å². The number of phosphoric acid groups is 2. The summed E-state index contributed by atoms with van der Waals surface area (Å²) in [5, 5.41) is 10.6. The van der Waals surface area contributed by atoms with Gasteiger partial charge in [-0.1, -0.05) is 299 Å². The molecule has 0 aromatic heterocycles. The Bertz CT molecular complexity index is 1780. The van der Waals surface area contributed by atoms with Gasteiger partial charge < -0.3 is 33.8 Å². The summed E-state index contributed by atoms with van der Waals surface area (Å²) in [7, 11) is -9.90. The van der Waals surface area contributed by atoms with Crippen LogP contribution in [0.25, 0.3) is 0 Å². The number of unbranched alkanes of at least 4 members (excludes halogenated alkanes) is 33. The Kier molecular flexibility index (Phi) is 59.4. The fourth-order valence-electron chi connectivity index (χ4n) is 10.6. The van der Waals surface area contributed by atoms with Crippen molar-refractivity contribution in [2.45, 2.75) is 369 Å². The van der Waals surface area contributed by atoms with Crippen LogP contribution in [0.5, 0.6) is 0 Å². The molecule has 0 heterocycles. The molecule has 0 bridgehead atoms. The van der Waals surface area contributed by atoms with Gasteiger partial charge in [0.1, 0.15) is 19.3 Å². The molecule has 0 spiro atoms. The van der Waals surface area contributed by atoms with Gasteiger partial charge in [0, 0.05) is 25.7 Å². The molecule has 0 saturated carbocycles. The van der Waals surface area contributed by atoms with Crippen LogP contribution in [0.1, 0.15) is 351 Å². The highest BCUT2D eigenvalue weighted by molar-refractivity contribution is 7.47. The summed E-state index contributed by atoms with van der Waals surface area (Å²) in [6.07, 6.45) is 43.1. The number of aliphatic hydroxyl groups excluding tert-OH is 1. The lowest BCUT2D eigenvalue weighted by Gasteiger charge is -2.21. The van der Waals surface area contributed by atoms with Crippen LogP contribution in [0, 0.1) is 23.7 Å². The molecule has 0 aromatic carbocycles. The van der Waals surface area contributed by atoms with Crippen molar-refractivity contribution in [1.29, 1.82) is 0 Å². The molecule has 0 aliphatic heterocycles. The number of esters is 4. The lowest BCUT2D eigenvalue weighted by Crippen LogP contribution is -2.30. The van der Waals surface area contributed by atoms with Gasteiger partial charge in [-0.05, 0) is 49.4 Å². The first kappa shape index (κ1) is 88.1. The summed E-state index contributed by atoms with van der Waals surface area (Å²) >= 11 is 0. The third-order valence-electron chi connectivity index (χ3n) is 16.7. The monoisotopic (exact) mass is 1320 g/mol. The predicted molar refractivity (Wildman–Crippen MR) is 363 cm³/mol. The molecule has 0 saturated heterocycles. The van der Waals surface area contributed by atoms with Crippen molar-refractivity contribution in [1.82, 2.24) is 0 Å². The third kappa shape index (κ3) is 63.5. The van der Waals surface area contributed by atoms with E-state index in [-0.39, 0.29) is 25.7 Å². The molecule has 0 aromatic rings. The molecule has 534 valence electrons. The number of phosphoric ester groups is 2. The Hall–Kier alpha value is -1.94. The maximum Gasteiger partial charge on any atom is 0.472 e. The number of carbonyl (C=O) groups is 4. The summed E-state index contributed by atoms with van der Waals surface area (Å²) in [4.78, 5) is 72.6. The standard InChI is InChI=1S/C71H138O17P2/c1-9-64(8)50-42-34-26-20-21-29-38-46-54-71(76)88-67(58-82-69(74)52-44-36-30-22-25-33-41-49-63(6)7)60-86-90(79,80)84-56-65(72)55-83-89(77,78)85-59-66(57-81-68(73)51-43-35-27-19-15-17-24-32-40-48-62(4)5)87-70(75)53-45-37-28-18-14-12-10-11-13-16-23-31-39-47-61(2)3/h61-67,72H,9-60H2,1-8H3,(H,77,78)(H,79,80)/t64?,65?,66-,67-/m1/s1. The first-order chi connectivity index (χ1) is 43.1. The van der Waals surface area contributed by atoms with Crippen LogP contribution in [0.15, 0.2) is 0 Å². The number of aliphatic hydroxyl groups is 1. The van der Waals surface area contributed by atoms with Crippen molar-refractivity contribution >= 4 is 39.5 Å². The first-order valence-electron chi connectivity index (χ1n) is 36.7. The summed E-state index contributed by atoms with van der Waals surface area (Å²) in [5.74, 6) is 0.875. The molecule has 0 rings (SSSR count). The van der Waals surface area contributed by atoms with Crippen LogP contribution in [-0.2, 0) is 65.4 Å². The average Bonchev–Trinajstić information content (AvgIpc) is 3.68. The van der Waals surface area contributed by atoms with E-state index in [1.165, 1.54) is 148 Å². The summed E-state index contributed by atoms with van der Waals surface area (Å²) in [6, 6.07) is 0. The van der Waals surface area contributed by atoms with E-state index in [1.807, 2.05) is 0 Å². The molecule has 0 aliphatic rings. The van der Waals surface area contributed by atoms with E-state index in [1.54, 1.807) is 0 Å². The third-order valence-corrected chi connectivity index (χ3v) is 18.6. The number of hydrogen-bond donors (Lipinski definition) is 3. The van der Waals surface area contributed by atoms with Gasteiger partial charge in [0.15, 0.2) is 12.2 Å².